The number of ether oxygens (including phenoxy) is 2. The molecule has 0 bridgehead atoms. The summed E-state index contributed by atoms with van der Waals surface area (Å²) >= 11 is 0. The Morgan fingerprint density at radius 3 is 2.47 bits per heavy atom. The van der Waals surface area contributed by atoms with Crippen LogP contribution in [0, 0.1) is 6.92 Å². The number of carbonyl (C=O) groups excluding carboxylic acids is 1. The third-order valence-electron chi connectivity index (χ3n) is 5.51. The van der Waals surface area contributed by atoms with Crippen molar-refractivity contribution in [3.8, 4) is 11.5 Å². The maximum absolute atomic E-state index is 12.7. The topological polar surface area (TPSA) is 84.9 Å². The summed E-state index contributed by atoms with van der Waals surface area (Å²) in [5.41, 5.74) is 1.80. The molecule has 0 unspecified atom stereocenters. The van der Waals surface area contributed by atoms with Crippen LogP contribution in [-0.2, 0) is 14.8 Å². The van der Waals surface area contributed by atoms with E-state index >= 15 is 0 Å². The van der Waals surface area contributed by atoms with Gasteiger partial charge in [-0.3, -0.25) is 9.10 Å². The van der Waals surface area contributed by atoms with E-state index in [4.69, 9.17) is 9.47 Å². The van der Waals surface area contributed by atoms with Gasteiger partial charge in [-0.05, 0) is 43.5 Å². The van der Waals surface area contributed by atoms with Crippen LogP contribution in [0.15, 0.2) is 42.5 Å². The van der Waals surface area contributed by atoms with Gasteiger partial charge in [0.2, 0.25) is 15.9 Å². The summed E-state index contributed by atoms with van der Waals surface area (Å²) in [7, 11) is -3.63. The maximum Gasteiger partial charge on any atom is 0.251 e. The molecule has 2 aliphatic rings. The molecule has 0 saturated heterocycles. The number of benzene rings is 2. The number of rotatable bonds is 5. The number of amides is 1. The number of nitrogens with zero attached hydrogens (tertiary/aromatic N) is 1. The first-order chi connectivity index (χ1) is 14.3. The van der Waals surface area contributed by atoms with Gasteiger partial charge in [0.1, 0.15) is 6.54 Å². The molecule has 30 heavy (non-hydrogen) atoms. The third kappa shape index (κ3) is 4.23. The lowest BCUT2D eigenvalue weighted by atomic mass is 9.94. The summed E-state index contributed by atoms with van der Waals surface area (Å²) in [4.78, 5) is 12.7. The van der Waals surface area contributed by atoms with Crippen molar-refractivity contribution >= 4 is 27.3 Å². The molecule has 2 aromatic carbocycles. The number of carbonyl (C=O) groups is 1. The molecule has 2 aromatic rings. The Labute approximate surface area is 177 Å². The van der Waals surface area contributed by atoms with Crippen LogP contribution in [-0.4, -0.2) is 32.9 Å². The Bertz CT molecular complexity index is 1060. The van der Waals surface area contributed by atoms with Crippen molar-refractivity contribution in [3.05, 3.63) is 48.0 Å². The number of para-hydroxylation sites is 1. The van der Waals surface area contributed by atoms with Gasteiger partial charge in [-0.25, -0.2) is 8.42 Å². The second-order valence-electron chi connectivity index (χ2n) is 7.94. The van der Waals surface area contributed by atoms with Crippen LogP contribution < -0.4 is 19.1 Å². The van der Waals surface area contributed by atoms with Crippen molar-refractivity contribution in [1.82, 2.24) is 0 Å². The molecule has 1 fully saturated rings. The molecule has 7 nitrogen and oxygen atoms in total. The minimum atomic E-state index is -3.63. The fraction of sp³-hybridized carbons (Fsp3) is 0.409. The molecule has 1 saturated carbocycles. The maximum atomic E-state index is 12.7. The molecule has 1 aliphatic heterocycles. The quantitative estimate of drug-likeness (QED) is 0.779. The molecule has 160 valence electrons. The summed E-state index contributed by atoms with van der Waals surface area (Å²) in [6.45, 7) is 1.49. The summed E-state index contributed by atoms with van der Waals surface area (Å²) in [6.07, 6.45) is 6.11. The average molecular weight is 431 g/mol. The Kier molecular flexibility index (Phi) is 5.36. The number of aryl methyl sites for hydroxylation is 1. The van der Waals surface area contributed by atoms with Crippen molar-refractivity contribution in [2.45, 2.75) is 44.8 Å². The first kappa shape index (κ1) is 20.5. The summed E-state index contributed by atoms with van der Waals surface area (Å²) in [6, 6.07) is 12.3. The van der Waals surface area contributed by atoms with Crippen LogP contribution in [0.1, 0.15) is 37.7 Å². The second kappa shape index (κ2) is 7.83. The smallest absolute Gasteiger partial charge is 0.251 e. The van der Waals surface area contributed by atoms with Crippen molar-refractivity contribution in [2.24, 2.45) is 0 Å². The molecule has 0 aromatic heterocycles. The fourth-order valence-corrected chi connectivity index (χ4v) is 4.94. The van der Waals surface area contributed by atoms with Gasteiger partial charge in [0.15, 0.2) is 11.5 Å². The number of nitrogens with one attached hydrogen (secondary N) is 1. The van der Waals surface area contributed by atoms with Crippen LogP contribution in [0.3, 0.4) is 0 Å². The largest absolute Gasteiger partial charge is 0.448 e. The molecule has 1 heterocycles. The van der Waals surface area contributed by atoms with Gasteiger partial charge in [-0.2, -0.15) is 0 Å². The standard InChI is InChI=1S/C22H26N2O5S/c1-16-8-4-5-9-18(16)24(30(2,26)27)15-21(25)23-17-10-11-19-20(14-17)29-22(28-19)12-6-3-7-13-22/h4-5,8-11,14H,3,6-7,12-13,15H2,1-2H3,(H,23,25). The highest BCUT2D eigenvalue weighted by Gasteiger charge is 2.42. The zero-order valence-corrected chi connectivity index (χ0v) is 18.0. The van der Waals surface area contributed by atoms with Crippen molar-refractivity contribution in [2.75, 3.05) is 22.4 Å². The molecule has 0 atom stereocenters. The molecule has 0 radical (unpaired) electrons. The van der Waals surface area contributed by atoms with Crippen LogP contribution in [0.4, 0.5) is 11.4 Å². The molecule has 4 rings (SSSR count). The van der Waals surface area contributed by atoms with Gasteiger partial charge >= 0.3 is 0 Å². The van der Waals surface area contributed by atoms with E-state index in [-0.39, 0.29) is 6.54 Å². The number of fused-ring (bicyclic) bond motifs is 1. The highest BCUT2D eigenvalue weighted by atomic mass is 32.2. The van der Waals surface area contributed by atoms with E-state index in [1.165, 1.54) is 6.42 Å². The number of sulfonamides is 1. The monoisotopic (exact) mass is 430 g/mol. The molecule has 8 heteroatoms. The lowest BCUT2D eigenvalue weighted by Gasteiger charge is -2.31. The molecule has 1 N–H and O–H groups in total. The molecule has 1 spiro atoms. The zero-order valence-electron chi connectivity index (χ0n) is 17.2. The Hall–Kier alpha value is -2.74. The first-order valence-corrected chi connectivity index (χ1v) is 12.0. The van der Waals surface area contributed by atoms with Crippen molar-refractivity contribution < 1.29 is 22.7 Å². The number of hydrogen-bond donors (Lipinski definition) is 1. The van der Waals surface area contributed by atoms with E-state index in [1.807, 2.05) is 19.1 Å². The van der Waals surface area contributed by atoms with Gasteiger partial charge in [-0.15, -0.1) is 0 Å². The predicted octanol–water partition coefficient (Wildman–Crippen LogP) is 3.83. The van der Waals surface area contributed by atoms with E-state index in [1.54, 1.807) is 30.3 Å². The van der Waals surface area contributed by atoms with Gasteiger partial charge in [-0.1, -0.05) is 24.6 Å². The summed E-state index contributed by atoms with van der Waals surface area (Å²) < 4.78 is 37.9. The van der Waals surface area contributed by atoms with Crippen molar-refractivity contribution in [1.29, 1.82) is 0 Å². The fourth-order valence-electron chi connectivity index (χ4n) is 4.02. The zero-order chi connectivity index (χ0) is 21.4. The van der Waals surface area contributed by atoms with Crippen LogP contribution in [0.2, 0.25) is 0 Å². The Morgan fingerprint density at radius 1 is 1.07 bits per heavy atom. The Balaban J connectivity index is 1.48. The van der Waals surface area contributed by atoms with E-state index in [2.05, 4.69) is 5.32 Å². The first-order valence-electron chi connectivity index (χ1n) is 10.1. The predicted molar refractivity (Wildman–Crippen MR) is 116 cm³/mol. The number of hydrogen-bond acceptors (Lipinski definition) is 5. The molecular weight excluding hydrogens is 404 g/mol. The van der Waals surface area contributed by atoms with E-state index in [9.17, 15) is 13.2 Å². The minimum absolute atomic E-state index is 0.317. The molecular formula is C22H26N2O5S. The lowest BCUT2D eigenvalue weighted by Crippen LogP contribution is -2.40. The van der Waals surface area contributed by atoms with Crippen LogP contribution in [0.5, 0.6) is 11.5 Å². The SMILES string of the molecule is Cc1ccccc1N(CC(=O)Nc1ccc2c(c1)OC1(CCCCC1)O2)S(C)(=O)=O. The van der Waals surface area contributed by atoms with Crippen molar-refractivity contribution in [3.63, 3.8) is 0 Å². The normalized spacial score (nSPS) is 17.0. The van der Waals surface area contributed by atoms with Crippen LogP contribution >= 0.6 is 0 Å². The van der Waals surface area contributed by atoms with E-state index in [0.29, 0.717) is 22.9 Å². The summed E-state index contributed by atoms with van der Waals surface area (Å²) in [5, 5.41) is 2.77. The minimum Gasteiger partial charge on any atom is -0.448 e. The molecule has 1 aliphatic carbocycles. The Morgan fingerprint density at radius 2 is 1.77 bits per heavy atom. The van der Waals surface area contributed by atoms with Gasteiger partial charge < -0.3 is 14.8 Å². The average Bonchev–Trinajstić information content (AvgIpc) is 3.03. The summed E-state index contributed by atoms with van der Waals surface area (Å²) in [5.74, 6) is 0.261. The molecule has 1 amide bonds. The van der Waals surface area contributed by atoms with E-state index < -0.39 is 21.7 Å². The lowest BCUT2D eigenvalue weighted by molar-refractivity contribution is -0.114. The number of anilines is 2. The highest BCUT2D eigenvalue weighted by Crippen LogP contribution is 2.46. The van der Waals surface area contributed by atoms with Crippen LogP contribution in [0.25, 0.3) is 0 Å². The van der Waals surface area contributed by atoms with E-state index in [0.717, 1.165) is 41.8 Å². The third-order valence-corrected chi connectivity index (χ3v) is 6.63. The second-order valence-corrected chi connectivity index (χ2v) is 9.85. The van der Waals surface area contributed by atoms with Gasteiger partial charge in [0, 0.05) is 24.6 Å². The van der Waals surface area contributed by atoms with Gasteiger partial charge in [0.25, 0.3) is 5.79 Å². The van der Waals surface area contributed by atoms with Gasteiger partial charge in [0.05, 0.1) is 11.9 Å². The highest BCUT2D eigenvalue weighted by molar-refractivity contribution is 7.92.